The highest BCUT2D eigenvalue weighted by molar-refractivity contribution is 6.29. The average Bonchev–Trinajstić information content (AvgIpc) is 3.03. The van der Waals surface area contributed by atoms with Crippen molar-refractivity contribution in [2.24, 2.45) is 0 Å². The molecule has 5 rings (SSSR count). The number of hydrogen-bond acceptors (Lipinski definition) is 2. The Hall–Kier alpha value is -3.98. The van der Waals surface area contributed by atoms with E-state index in [1.54, 1.807) is 24.3 Å². The molecule has 3 amide bonds. The number of rotatable bonds is 1. The Morgan fingerprint density at radius 2 is 1.48 bits per heavy atom. The molecule has 0 aliphatic carbocycles. The quantitative estimate of drug-likeness (QED) is 0.430. The summed E-state index contributed by atoms with van der Waals surface area (Å²) >= 11 is 0. The number of para-hydroxylation sites is 1. The van der Waals surface area contributed by atoms with E-state index in [-0.39, 0.29) is 5.56 Å². The van der Waals surface area contributed by atoms with Crippen LogP contribution in [0.5, 0.6) is 0 Å². The minimum Gasteiger partial charge on any atom is -0.281 e. The number of hydrogen-bond donors (Lipinski definition) is 0. The van der Waals surface area contributed by atoms with Crippen LogP contribution in [0.3, 0.4) is 0 Å². The molecule has 2 aliphatic rings. The van der Waals surface area contributed by atoms with Gasteiger partial charge in [-0.2, -0.15) is 0 Å². The fourth-order valence-electron chi connectivity index (χ4n) is 4.09. The molecule has 0 N–H and O–H groups in total. The number of urea groups is 1. The maximum Gasteiger partial charge on any atom is 0.336 e. The highest BCUT2D eigenvalue weighted by Gasteiger charge is 2.50. The smallest absolute Gasteiger partial charge is 0.281 e. The zero-order valence-corrected chi connectivity index (χ0v) is 16.3. The van der Waals surface area contributed by atoms with Crippen molar-refractivity contribution in [2.75, 3.05) is 9.80 Å². The zero-order valence-electron chi connectivity index (χ0n) is 16.3. The van der Waals surface area contributed by atoms with E-state index in [9.17, 15) is 18.4 Å². The van der Waals surface area contributed by atoms with Crippen molar-refractivity contribution in [3.05, 3.63) is 95.1 Å². The topological polar surface area (TPSA) is 40.6 Å². The first-order valence-corrected chi connectivity index (χ1v) is 9.86. The second-order valence-electron chi connectivity index (χ2n) is 7.41. The molecule has 2 aliphatic heterocycles. The molecule has 6 heteroatoms. The van der Waals surface area contributed by atoms with Crippen molar-refractivity contribution in [3.63, 3.8) is 0 Å². The second kappa shape index (κ2) is 7.37. The molecule has 152 valence electrons. The number of benzene rings is 3. The van der Waals surface area contributed by atoms with Crippen molar-refractivity contribution in [3.8, 4) is 11.8 Å². The summed E-state index contributed by atoms with van der Waals surface area (Å²) in [6.45, 7) is 0. The standard InChI is InChI=1S/C25H16F2N2O2/c26-19-14-17(11-10-16-6-2-1-3-7-16)15-20(27)23(19)29-24(30)22-13-12-18-8-4-5-9-21(18)28(22)25(29)31/h1-9,14-15,22H,12-13H2. The van der Waals surface area contributed by atoms with Gasteiger partial charge in [0.1, 0.15) is 11.7 Å². The van der Waals surface area contributed by atoms with Gasteiger partial charge in [-0.1, -0.05) is 48.2 Å². The molecule has 1 saturated heterocycles. The van der Waals surface area contributed by atoms with Crippen LogP contribution in [0, 0.1) is 23.5 Å². The molecule has 0 bridgehead atoms. The molecule has 3 aromatic rings. The summed E-state index contributed by atoms with van der Waals surface area (Å²) < 4.78 is 29.9. The predicted octanol–water partition coefficient (Wildman–Crippen LogP) is 4.65. The van der Waals surface area contributed by atoms with Crippen LogP contribution in [0.25, 0.3) is 0 Å². The van der Waals surface area contributed by atoms with Gasteiger partial charge in [0.25, 0.3) is 5.91 Å². The summed E-state index contributed by atoms with van der Waals surface area (Å²) in [5.74, 6) is 2.91. The van der Waals surface area contributed by atoms with Crippen molar-refractivity contribution in [2.45, 2.75) is 18.9 Å². The number of aryl methyl sites for hydroxylation is 1. The van der Waals surface area contributed by atoms with Crippen LogP contribution < -0.4 is 9.80 Å². The first-order chi connectivity index (χ1) is 15.0. The molecule has 31 heavy (non-hydrogen) atoms. The lowest BCUT2D eigenvalue weighted by Crippen LogP contribution is -2.39. The second-order valence-corrected chi connectivity index (χ2v) is 7.41. The molecule has 0 radical (unpaired) electrons. The molecule has 4 nitrogen and oxygen atoms in total. The summed E-state index contributed by atoms with van der Waals surface area (Å²) in [5, 5.41) is 0. The van der Waals surface area contributed by atoms with Crippen LogP contribution in [0.1, 0.15) is 23.1 Å². The summed E-state index contributed by atoms with van der Waals surface area (Å²) in [7, 11) is 0. The van der Waals surface area contributed by atoms with E-state index >= 15 is 0 Å². The fourth-order valence-corrected chi connectivity index (χ4v) is 4.09. The molecule has 1 atom stereocenters. The van der Waals surface area contributed by atoms with Gasteiger partial charge in [0.05, 0.1) is 0 Å². The maximum atomic E-state index is 14.9. The van der Waals surface area contributed by atoms with Gasteiger partial charge in [-0.05, 0) is 48.7 Å². The molecule has 1 unspecified atom stereocenters. The Labute approximate surface area is 177 Å². The zero-order chi connectivity index (χ0) is 21.5. The van der Waals surface area contributed by atoms with Gasteiger partial charge in [0.15, 0.2) is 11.6 Å². The Kier molecular flexibility index (Phi) is 4.52. The Morgan fingerprint density at radius 1 is 0.839 bits per heavy atom. The van der Waals surface area contributed by atoms with E-state index in [0.29, 0.717) is 29.0 Å². The van der Waals surface area contributed by atoms with Crippen molar-refractivity contribution in [1.82, 2.24) is 0 Å². The van der Waals surface area contributed by atoms with E-state index in [1.807, 2.05) is 30.3 Å². The van der Waals surface area contributed by atoms with Gasteiger partial charge in [-0.15, -0.1) is 0 Å². The van der Waals surface area contributed by atoms with Crippen LogP contribution in [-0.2, 0) is 11.2 Å². The van der Waals surface area contributed by atoms with Crippen molar-refractivity contribution in [1.29, 1.82) is 0 Å². The number of nitrogens with zero attached hydrogens (tertiary/aromatic N) is 2. The predicted molar refractivity (Wildman–Crippen MR) is 113 cm³/mol. The van der Waals surface area contributed by atoms with Gasteiger partial charge < -0.3 is 0 Å². The normalized spacial score (nSPS) is 17.2. The lowest BCUT2D eigenvalue weighted by Gasteiger charge is -2.29. The summed E-state index contributed by atoms with van der Waals surface area (Å²) in [6.07, 6.45) is 1.02. The van der Waals surface area contributed by atoms with Gasteiger partial charge >= 0.3 is 6.03 Å². The van der Waals surface area contributed by atoms with Gasteiger partial charge in [0.2, 0.25) is 0 Å². The molecule has 1 fully saturated rings. The van der Waals surface area contributed by atoms with E-state index in [1.165, 1.54) is 4.90 Å². The number of imide groups is 1. The number of halogens is 2. The van der Waals surface area contributed by atoms with Crippen LogP contribution in [-0.4, -0.2) is 18.0 Å². The highest BCUT2D eigenvalue weighted by atomic mass is 19.1. The van der Waals surface area contributed by atoms with Gasteiger partial charge in [-0.3, -0.25) is 9.69 Å². The van der Waals surface area contributed by atoms with E-state index < -0.39 is 35.3 Å². The Balaban J connectivity index is 1.52. The molecular weight excluding hydrogens is 398 g/mol. The van der Waals surface area contributed by atoms with Crippen molar-refractivity contribution >= 4 is 23.3 Å². The van der Waals surface area contributed by atoms with Crippen LogP contribution >= 0.6 is 0 Å². The molecular formula is C25H16F2N2O2. The lowest BCUT2D eigenvalue weighted by atomic mass is 9.97. The third-order valence-electron chi connectivity index (χ3n) is 5.52. The average molecular weight is 414 g/mol. The maximum absolute atomic E-state index is 14.9. The molecule has 2 heterocycles. The number of carbonyl (C=O) groups excluding carboxylic acids is 2. The summed E-state index contributed by atoms with van der Waals surface area (Å²) in [6, 6.07) is 16.8. The number of amides is 3. The third kappa shape index (κ3) is 3.15. The number of fused-ring (bicyclic) bond motifs is 3. The third-order valence-corrected chi connectivity index (χ3v) is 5.52. The van der Waals surface area contributed by atoms with E-state index in [2.05, 4.69) is 11.8 Å². The van der Waals surface area contributed by atoms with Crippen molar-refractivity contribution < 1.29 is 18.4 Å². The van der Waals surface area contributed by atoms with Gasteiger partial charge in [-0.25, -0.2) is 18.5 Å². The summed E-state index contributed by atoms with van der Waals surface area (Å²) in [5.41, 5.74) is 1.68. The van der Waals surface area contributed by atoms with E-state index in [0.717, 1.165) is 17.7 Å². The van der Waals surface area contributed by atoms with Crippen LogP contribution in [0.4, 0.5) is 25.0 Å². The highest BCUT2D eigenvalue weighted by Crippen LogP contribution is 2.39. The molecule has 0 saturated carbocycles. The SMILES string of the molecule is O=C1C2CCc3ccccc3N2C(=O)N1c1c(F)cc(C#Cc2ccccc2)cc1F. The summed E-state index contributed by atoms with van der Waals surface area (Å²) in [4.78, 5) is 28.0. The minimum absolute atomic E-state index is 0.116. The monoisotopic (exact) mass is 414 g/mol. The van der Waals surface area contributed by atoms with Gasteiger partial charge in [0, 0.05) is 16.8 Å². The van der Waals surface area contributed by atoms with E-state index in [4.69, 9.17) is 0 Å². The molecule has 0 spiro atoms. The first kappa shape index (κ1) is 19.0. The Bertz CT molecular complexity index is 1250. The number of carbonyl (C=O) groups is 2. The Morgan fingerprint density at radius 3 is 2.23 bits per heavy atom. The first-order valence-electron chi connectivity index (χ1n) is 9.86. The lowest BCUT2D eigenvalue weighted by molar-refractivity contribution is -0.118. The molecule has 3 aromatic carbocycles. The largest absolute Gasteiger partial charge is 0.336 e. The van der Waals surface area contributed by atoms with Crippen LogP contribution in [0.2, 0.25) is 0 Å². The number of anilines is 2. The molecule has 0 aromatic heterocycles. The minimum atomic E-state index is -1.01. The van der Waals surface area contributed by atoms with Crippen LogP contribution in [0.15, 0.2) is 66.7 Å². The fraction of sp³-hybridized carbons (Fsp3) is 0.120.